The van der Waals surface area contributed by atoms with E-state index in [0.717, 1.165) is 42.8 Å². The number of carbonyl (C=O) groups is 2. The first-order valence-corrected chi connectivity index (χ1v) is 10.3. The Labute approximate surface area is 173 Å². The third-order valence-corrected chi connectivity index (χ3v) is 4.22. The number of rotatable bonds is 12. The van der Waals surface area contributed by atoms with Crippen LogP contribution in [0, 0.1) is 0 Å². The summed E-state index contributed by atoms with van der Waals surface area (Å²) in [7, 11) is 0. The first-order chi connectivity index (χ1) is 14.1. The van der Waals surface area contributed by atoms with E-state index in [0.29, 0.717) is 18.7 Å². The molecule has 0 radical (unpaired) electrons. The summed E-state index contributed by atoms with van der Waals surface area (Å²) in [6.07, 6.45) is 4.51. The summed E-state index contributed by atoms with van der Waals surface area (Å²) in [5.74, 6) is 0.650. The predicted molar refractivity (Wildman–Crippen MR) is 119 cm³/mol. The highest BCUT2D eigenvalue weighted by atomic mass is 16.5. The van der Waals surface area contributed by atoms with Gasteiger partial charge in [-0.05, 0) is 55.3 Å². The molecule has 29 heavy (non-hydrogen) atoms. The number of hydrogen-bond donors (Lipinski definition) is 3. The van der Waals surface area contributed by atoms with Crippen LogP contribution in [0.25, 0.3) is 0 Å². The second-order valence-electron chi connectivity index (χ2n) is 6.86. The van der Waals surface area contributed by atoms with E-state index >= 15 is 0 Å². The second-order valence-corrected chi connectivity index (χ2v) is 6.86. The van der Waals surface area contributed by atoms with Gasteiger partial charge in [0, 0.05) is 23.5 Å². The Bertz CT molecular complexity index is 775. The highest BCUT2D eigenvalue weighted by Gasteiger charge is 2.05. The zero-order valence-corrected chi connectivity index (χ0v) is 17.3. The summed E-state index contributed by atoms with van der Waals surface area (Å²) in [6, 6.07) is 14.7. The van der Waals surface area contributed by atoms with Crippen molar-refractivity contribution in [1.82, 2.24) is 0 Å². The first kappa shape index (κ1) is 22.3. The van der Waals surface area contributed by atoms with Crippen molar-refractivity contribution >= 4 is 28.9 Å². The van der Waals surface area contributed by atoms with E-state index in [9.17, 15) is 9.59 Å². The van der Waals surface area contributed by atoms with Gasteiger partial charge >= 0.3 is 0 Å². The van der Waals surface area contributed by atoms with E-state index in [1.54, 1.807) is 0 Å². The zero-order chi connectivity index (χ0) is 20.9. The average molecular weight is 398 g/mol. The van der Waals surface area contributed by atoms with Crippen LogP contribution in [0.5, 0.6) is 5.75 Å². The van der Waals surface area contributed by atoms with Gasteiger partial charge in [0.2, 0.25) is 11.8 Å². The zero-order valence-electron chi connectivity index (χ0n) is 17.3. The molecule has 0 saturated carbocycles. The highest BCUT2D eigenvalue weighted by Crippen LogP contribution is 2.17. The maximum Gasteiger partial charge on any atom is 0.243 e. The van der Waals surface area contributed by atoms with Gasteiger partial charge in [-0.15, -0.1) is 0 Å². The lowest BCUT2D eigenvalue weighted by molar-refractivity contribution is -0.116. The molecule has 2 aromatic rings. The summed E-state index contributed by atoms with van der Waals surface area (Å²) in [4.78, 5) is 24.1. The van der Waals surface area contributed by atoms with E-state index in [1.165, 1.54) is 0 Å². The summed E-state index contributed by atoms with van der Waals surface area (Å²) in [5.41, 5.74) is 2.21. The second kappa shape index (κ2) is 12.4. The van der Waals surface area contributed by atoms with E-state index in [1.807, 2.05) is 48.5 Å². The Morgan fingerprint density at radius 3 is 2.28 bits per heavy atom. The number of nitrogens with one attached hydrogen (secondary N) is 3. The van der Waals surface area contributed by atoms with Crippen molar-refractivity contribution in [2.75, 3.05) is 29.1 Å². The number of anilines is 3. The Morgan fingerprint density at radius 2 is 1.55 bits per heavy atom. The molecular formula is C23H31N3O3. The highest BCUT2D eigenvalue weighted by molar-refractivity contribution is 5.94. The summed E-state index contributed by atoms with van der Waals surface area (Å²) < 4.78 is 5.53. The minimum absolute atomic E-state index is 0.0136. The fourth-order valence-electron chi connectivity index (χ4n) is 2.71. The number of unbranched alkanes of at least 4 members (excludes halogenated alkanes) is 2. The van der Waals surface area contributed by atoms with Gasteiger partial charge in [-0.3, -0.25) is 9.59 Å². The maximum atomic E-state index is 12.2. The summed E-state index contributed by atoms with van der Waals surface area (Å²) in [5, 5.41) is 8.82. The van der Waals surface area contributed by atoms with Gasteiger partial charge < -0.3 is 20.7 Å². The SMILES string of the molecule is CCCCCC(=O)Nc1cccc(NCC(=O)Nc2ccc(OCCC)cc2)c1. The van der Waals surface area contributed by atoms with Crippen LogP contribution in [0.1, 0.15) is 46.0 Å². The number of hydrogen-bond acceptors (Lipinski definition) is 4. The molecule has 0 bridgehead atoms. The third-order valence-electron chi connectivity index (χ3n) is 4.22. The van der Waals surface area contributed by atoms with Gasteiger partial charge in [0.15, 0.2) is 0 Å². The molecule has 0 aliphatic carbocycles. The number of amides is 2. The number of benzene rings is 2. The fraction of sp³-hybridized carbons (Fsp3) is 0.391. The molecule has 0 saturated heterocycles. The molecule has 0 unspecified atom stereocenters. The van der Waals surface area contributed by atoms with E-state index < -0.39 is 0 Å². The monoisotopic (exact) mass is 397 g/mol. The Balaban J connectivity index is 1.78. The average Bonchev–Trinajstić information content (AvgIpc) is 2.72. The van der Waals surface area contributed by atoms with Crippen LogP contribution in [0.4, 0.5) is 17.1 Å². The van der Waals surface area contributed by atoms with Crippen molar-refractivity contribution in [3.8, 4) is 5.75 Å². The van der Waals surface area contributed by atoms with Gasteiger partial charge in [0.05, 0.1) is 13.2 Å². The predicted octanol–water partition coefficient (Wildman–Crippen LogP) is 5.04. The normalized spacial score (nSPS) is 10.3. The van der Waals surface area contributed by atoms with Gasteiger partial charge in [-0.25, -0.2) is 0 Å². The molecule has 6 heteroatoms. The van der Waals surface area contributed by atoms with Crippen molar-refractivity contribution < 1.29 is 14.3 Å². The van der Waals surface area contributed by atoms with E-state index in [4.69, 9.17) is 4.74 Å². The minimum atomic E-state index is -0.152. The van der Waals surface area contributed by atoms with Gasteiger partial charge in [0.1, 0.15) is 5.75 Å². The van der Waals surface area contributed by atoms with Gasteiger partial charge in [0.25, 0.3) is 0 Å². The summed E-state index contributed by atoms with van der Waals surface area (Å²) >= 11 is 0. The topological polar surface area (TPSA) is 79.5 Å². The van der Waals surface area contributed by atoms with Crippen LogP contribution in [0.3, 0.4) is 0 Å². The molecule has 0 aliphatic heterocycles. The molecule has 0 spiro atoms. The minimum Gasteiger partial charge on any atom is -0.494 e. The third kappa shape index (κ3) is 8.68. The van der Waals surface area contributed by atoms with Crippen LogP contribution in [-0.2, 0) is 9.59 Å². The van der Waals surface area contributed by atoms with Crippen LogP contribution < -0.4 is 20.7 Å². The standard InChI is InChI=1S/C23H31N3O3/c1-3-5-6-10-22(27)26-20-9-7-8-19(16-20)24-17-23(28)25-18-11-13-21(14-12-18)29-15-4-2/h7-9,11-14,16,24H,3-6,10,15,17H2,1-2H3,(H,25,28)(H,26,27). The fourth-order valence-corrected chi connectivity index (χ4v) is 2.71. The quantitative estimate of drug-likeness (QED) is 0.438. The Hall–Kier alpha value is -3.02. The van der Waals surface area contributed by atoms with Gasteiger partial charge in [-0.1, -0.05) is 32.8 Å². The van der Waals surface area contributed by atoms with Crippen molar-refractivity contribution in [1.29, 1.82) is 0 Å². The molecule has 0 atom stereocenters. The van der Waals surface area contributed by atoms with Crippen LogP contribution in [0.15, 0.2) is 48.5 Å². The molecule has 2 aromatic carbocycles. The molecular weight excluding hydrogens is 366 g/mol. The number of ether oxygens (including phenoxy) is 1. The summed E-state index contributed by atoms with van der Waals surface area (Å²) in [6.45, 7) is 4.97. The molecule has 3 N–H and O–H groups in total. The molecule has 2 amide bonds. The van der Waals surface area contributed by atoms with Crippen molar-refractivity contribution in [3.63, 3.8) is 0 Å². The largest absolute Gasteiger partial charge is 0.494 e. The van der Waals surface area contributed by atoms with E-state index in [-0.39, 0.29) is 18.4 Å². The first-order valence-electron chi connectivity index (χ1n) is 10.3. The molecule has 6 nitrogen and oxygen atoms in total. The molecule has 156 valence electrons. The van der Waals surface area contributed by atoms with Gasteiger partial charge in [-0.2, -0.15) is 0 Å². The Kier molecular flexibility index (Phi) is 9.55. The molecule has 0 aromatic heterocycles. The molecule has 2 rings (SSSR count). The van der Waals surface area contributed by atoms with Crippen molar-refractivity contribution in [2.24, 2.45) is 0 Å². The number of carbonyl (C=O) groups excluding carboxylic acids is 2. The molecule has 0 heterocycles. The van der Waals surface area contributed by atoms with Crippen LogP contribution in [0.2, 0.25) is 0 Å². The maximum absolute atomic E-state index is 12.2. The molecule has 0 aliphatic rings. The Morgan fingerprint density at radius 1 is 0.828 bits per heavy atom. The lowest BCUT2D eigenvalue weighted by atomic mass is 10.2. The lowest BCUT2D eigenvalue weighted by Gasteiger charge is -2.11. The van der Waals surface area contributed by atoms with Crippen molar-refractivity contribution in [2.45, 2.75) is 46.0 Å². The van der Waals surface area contributed by atoms with Crippen LogP contribution in [-0.4, -0.2) is 25.0 Å². The van der Waals surface area contributed by atoms with Crippen molar-refractivity contribution in [3.05, 3.63) is 48.5 Å². The van der Waals surface area contributed by atoms with E-state index in [2.05, 4.69) is 29.8 Å². The lowest BCUT2D eigenvalue weighted by Crippen LogP contribution is -2.21. The molecule has 0 fully saturated rings. The van der Waals surface area contributed by atoms with Crippen LogP contribution >= 0.6 is 0 Å². The smallest absolute Gasteiger partial charge is 0.243 e.